The second kappa shape index (κ2) is 7.68. The van der Waals surface area contributed by atoms with E-state index in [-0.39, 0.29) is 12.5 Å². The maximum absolute atomic E-state index is 13.6. The third kappa shape index (κ3) is 3.95. The molecule has 0 spiro atoms. The van der Waals surface area contributed by atoms with E-state index in [2.05, 4.69) is 5.32 Å². The molecule has 2 rings (SSSR count). The molecule has 2 aromatic carbocycles. The van der Waals surface area contributed by atoms with Crippen LogP contribution in [0.15, 0.2) is 42.5 Å². The molecule has 126 valence electrons. The van der Waals surface area contributed by atoms with E-state index in [1.807, 2.05) is 6.07 Å². The number of hydrogen-bond donors (Lipinski definition) is 1. The zero-order valence-electron chi connectivity index (χ0n) is 13.5. The first kappa shape index (κ1) is 17.6. The fraction of sp³-hybridized carbons (Fsp3) is 0.222. The Morgan fingerprint density at radius 1 is 1.04 bits per heavy atom. The first-order valence-corrected chi connectivity index (χ1v) is 7.52. The van der Waals surface area contributed by atoms with Crippen LogP contribution in [0, 0.1) is 18.6 Å². The highest BCUT2D eigenvalue weighted by atomic mass is 19.1. The molecule has 0 aliphatic carbocycles. The Hall–Kier alpha value is -2.76. The van der Waals surface area contributed by atoms with Crippen molar-refractivity contribution in [2.45, 2.75) is 13.8 Å². The molecule has 0 saturated heterocycles. The minimum Gasteiger partial charge on any atom is -0.330 e. The first-order chi connectivity index (χ1) is 11.4. The Balaban J connectivity index is 2.11. The van der Waals surface area contributed by atoms with Crippen molar-refractivity contribution in [3.63, 3.8) is 0 Å². The van der Waals surface area contributed by atoms with Gasteiger partial charge in [0.25, 0.3) is 5.91 Å². The molecule has 2 aromatic rings. The van der Waals surface area contributed by atoms with Gasteiger partial charge in [0.05, 0.1) is 0 Å². The van der Waals surface area contributed by atoms with E-state index >= 15 is 0 Å². The SMILES string of the molecule is CCN(CC(=O)Nc1c(F)cccc1F)C(=O)c1ccccc1C. The Morgan fingerprint density at radius 2 is 1.67 bits per heavy atom. The van der Waals surface area contributed by atoms with Crippen molar-refractivity contribution in [3.8, 4) is 0 Å². The van der Waals surface area contributed by atoms with E-state index in [0.717, 1.165) is 17.7 Å². The summed E-state index contributed by atoms with van der Waals surface area (Å²) in [5.41, 5.74) is 0.771. The van der Waals surface area contributed by atoms with E-state index in [0.29, 0.717) is 12.1 Å². The van der Waals surface area contributed by atoms with Crippen molar-refractivity contribution in [1.82, 2.24) is 4.90 Å². The van der Waals surface area contributed by atoms with Crippen LogP contribution in [-0.4, -0.2) is 29.8 Å². The third-order valence-electron chi connectivity index (χ3n) is 3.61. The van der Waals surface area contributed by atoms with Crippen LogP contribution in [0.1, 0.15) is 22.8 Å². The Kier molecular flexibility index (Phi) is 5.63. The quantitative estimate of drug-likeness (QED) is 0.912. The second-order valence-electron chi connectivity index (χ2n) is 5.28. The Labute approximate surface area is 139 Å². The third-order valence-corrected chi connectivity index (χ3v) is 3.61. The van der Waals surface area contributed by atoms with Crippen LogP contribution in [0.3, 0.4) is 0 Å². The number of carbonyl (C=O) groups is 2. The van der Waals surface area contributed by atoms with Crippen molar-refractivity contribution in [1.29, 1.82) is 0 Å². The number of nitrogens with zero attached hydrogens (tertiary/aromatic N) is 1. The molecule has 1 N–H and O–H groups in total. The highest BCUT2D eigenvalue weighted by Gasteiger charge is 2.20. The summed E-state index contributed by atoms with van der Waals surface area (Å²) in [5, 5.41) is 2.18. The number of hydrogen-bond acceptors (Lipinski definition) is 2. The predicted molar refractivity (Wildman–Crippen MR) is 87.7 cm³/mol. The van der Waals surface area contributed by atoms with Crippen LogP contribution in [0.4, 0.5) is 14.5 Å². The fourth-order valence-corrected chi connectivity index (χ4v) is 2.28. The molecular weight excluding hydrogens is 314 g/mol. The second-order valence-corrected chi connectivity index (χ2v) is 5.28. The largest absolute Gasteiger partial charge is 0.330 e. The van der Waals surface area contributed by atoms with Gasteiger partial charge in [-0.1, -0.05) is 24.3 Å². The van der Waals surface area contributed by atoms with Crippen molar-refractivity contribution in [2.75, 3.05) is 18.4 Å². The molecule has 0 bridgehead atoms. The summed E-state index contributed by atoms with van der Waals surface area (Å²) in [5.74, 6) is -2.70. The Morgan fingerprint density at radius 3 is 2.25 bits per heavy atom. The average molecular weight is 332 g/mol. The van der Waals surface area contributed by atoms with Crippen molar-refractivity contribution in [3.05, 3.63) is 65.2 Å². The van der Waals surface area contributed by atoms with Crippen LogP contribution in [0.5, 0.6) is 0 Å². The minimum absolute atomic E-state index is 0.292. The maximum Gasteiger partial charge on any atom is 0.254 e. The summed E-state index contributed by atoms with van der Waals surface area (Å²) in [7, 11) is 0. The zero-order valence-corrected chi connectivity index (χ0v) is 13.5. The van der Waals surface area contributed by atoms with Gasteiger partial charge in [-0.2, -0.15) is 0 Å². The molecule has 0 atom stereocenters. The molecule has 6 heteroatoms. The lowest BCUT2D eigenvalue weighted by molar-refractivity contribution is -0.116. The van der Waals surface area contributed by atoms with Gasteiger partial charge >= 0.3 is 0 Å². The van der Waals surface area contributed by atoms with E-state index in [1.165, 1.54) is 11.0 Å². The van der Waals surface area contributed by atoms with Gasteiger partial charge < -0.3 is 10.2 Å². The summed E-state index contributed by atoms with van der Waals surface area (Å²) in [4.78, 5) is 25.9. The summed E-state index contributed by atoms with van der Waals surface area (Å²) >= 11 is 0. The van der Waals surface area contributed by atoms with Gasteiger partial charge in [0.15, 0.2) is 0 Å². The molecule has 0 aliphatic heterocycles. The standard InChI is InChI=1S/C18H18F2N2O2/c1-3-22(18(24)13-8-5-4-7-12(13)2)11-16(23)21-17-14(19)9-6-10-15(17)20/h4-10H,3,11H2,1-2H3,(H,21,23). The van der Waals surface area contributed by atoms with Crippen molar-refractivity contribution < 1.29 is 18.4 Å². The molecule has 2 amide bonds. The molecule has 0 aliphatic rings. The molecule has 0 heterocycles. The number of carbonyl (C=O) groups excluding carboxylic acids is 2. The highest BCUT2D eigenvalue weighted by molar-refractivity contribution is 6.00. The van der Waals surface area contributed by atoms with E-state index < -0.39 is 23.2 Å². The number of amides is 2. The lowest BCUT2D eigenvalue weighted by Crippen LogP contribution is -2.38. The number of likely N-dealkylation sites (N-methyl/N-ethyl adjacent to an activating group) is 1. The molecule has 0 unspecified atom stereocenters. The summed E-state index contributed by atoms with van der Waals surface area (Å²) in [6.07, 6.45) is 0. The fourth-order valence-electron chi connectivity index (χ4n) is 2.28. The minimum atomic E-state index is -0.864. The van der Waals surface area contributed by atoms with Crippen LogP contribution in [0.25, 0.3) is 0 Å². The van der Waals surface area contributed by atoms with E-state index in [1.54, 1.807) is 32.0 Å². The lowest BCUT2D eigenvalue weighted by Gasteiger charge is -2.21. The smallest absolute Gasteiger partial charge is 0.254 e. The summed E-state index contributed by atoms with van der Waals surface area (Å²) in [6, 6.07) is 10.3. The summed E-state index contributed by atoms with van der Waals surface area (Å²) < 4.78 is 27.1. The van der Waals surface area contributed by atoms with Crippen LogP contribution >= 0.6 is 0 Å². The van der Waals surface area contributed by atoms with Crippen LogP contribution < -0.4 is 5.32 Å². The van der Waals surface area contributed by atoms with Gasteiger partial charge in [0, 0.05) is 12.1 Å². The zero-order chi connectivity index (χ0) is 17.7. The first-order valence-electron chi connectivity index (χ1n) is 7.52. The monoisotopic (exact) mass is 332 g/mol. The number of benzene rings is 2. The molecule has 24 heavy (non-hydrogen) atoms. The molecule has 4 nitrogen and oxygen atoms in total. The lowest BCUT2D eigenvalue weighted by atomic mass is 10.1. The number of rotatable bonds is 5. The number of aryl methyl sites for hydroxylation is 1. The number of nitrogens with one attached hydrogen (secondary N) is 1. The average Bonchev–Trinajstić information content (AvgIpc) is 2.56. The van der Waals surface area contributed by atoms with E-state index in [9.17, 15) is 18.4 Å². The molecule has 0 aromatic heterocycles. The van der Waals surface area contributed by atoms with Crippen molar-refractivity contribution in [2.24, 2.45) is 0 Å². The van der Waals surface area contributed by atoms with Crippen molar-refractivity contribution >= 4 is 17.5 Å². The summed E-state index contributed by atoms with van der Waals surface area (Å²) in [6.45, 7) is 3.53. The van der Waals surface area contributed by atoms with Gasteiger partial charge in [0.1, 0.15) is 23.9 Å². The van der Waals surface area contributed by atoms with Crippen LogP contribution in [-0.2, 0) is 4.79 Å². The molecule has 0 radical (unpaired) electrons. The van der Waals surface area contributed by atoms with Gasteiger partial charge in [-0.25, -0.2) is 8.78 Å². The number of halogens is 2. The Bertz CT molecular complexity index is 742. The number of anilines is 1. The maximum atomic E-state index is 13.6. The van der Waals surface area contributed by atoms with Gasteiger partial charge in [0.2, 0.25) is 5.91 Å². The topological polar surface area (TPSA) is 49.4 Å². The molecule has 0 fully saturated rings. The van der Waals surface area contributed by atoms with Gasteiger partial charge in [-0.3, -0.25) is 9.59 Å². The van der Waals surface area contributed by atoms with Gasteiger partial charge in [-0.05, 0) is 37.6 Å². The van der Waals surface area contributed by atoms with E-state index in [4.69, 9.17) is 0 Å². The molecule has 0 saturated carbocycles. The normalized spacial score (nSPS) is 10.3. The number of para-hydroxylation sites is 1. The highest BCUT2D eigenvalue weighted by Crippen LogP contribution is 2.18. The predicted octanol–water partition coefficient (Wildman–Crippen LogP) is 3.37. The molecular formula is C18H18F2N2O2. The van der Waals surface area contributed by atoms with Gasteiger partial charge in [-0.15, -0.1) is 0 Å². The van der Waals surface area contributed by atoms with Crippen LogP contribution in [0.2, 0.25) is 0 Å².